The highest BCUT2D eigenvalue weighted by Gasteiger charge is 2.30. The Morgan fingerprint density at radius 1 is 1.39 bits per heavy atom. The Bertz CT molecular complexity index is 459. The maximum Gasteiger partial charge on any atom is 0.271 e. The van der Waals surface area contributed by atoms with Gasteiger partial charge in [0.15, 0.2) is 0 Å². The number of amides is 1. The van der Waals surface area contributed by atoms with Crippen molar-refractivity contribution in [2.75, 3.05) is 13.2 Å². The average Bonchev–Trinajstić information content (AvgIpc) is 2.32. The standard InChI is InChI=1S/C12H14Cl2N2O2/c1-12(4-6-18-7-5-12)16-11(17)10-8(13)2-3-9(14)15-10/h2-3H,4-7H2,1H3,(H,16,17). The van der Waals surface area contributed by atoms with Crippen LogP contribution in [0.2, 0.25) is 10.2 Å². The molecular formula is C12H14Cl2N2O2. The Hall–Kier alpha value is -0.840. The number of halogens is 2. The van der Waals surface area contributed by atoms with Crippen molar-refractivity contribution in [3.63, 3.8) is 0 Å². The molecule has 1 amide bonds. The summed E-state index contributed by atoms with van der Waals surface area (Å²) in [6.07, 6.45) is 1.55. The van der Waals surface area contributed by atoms with Gasteiger partial charge in [-0.15, -0.1) is 0 Å². The molecule has 0 radical (unpaired) electrons. The fourth-order valence-electron chi connectivity index (χ4n) is 1.86. The molecule has 18 heavy (non-hydrogen) atoms. The van der Waals surface area contributed by atoms with Crippen molar-refractivity contribution < 1.29 is 9.53 Å². The molecule has 1 saturated heterocycles. The number of aromatic nitrogens is 1. The molecule has 1 aliphatic heterocycles. The van der Waals surface area contributed by atoms with Gasteiger partial charge in [0.05, 0.1) is 5.02 Å². The lowest BCUT2D eigenvalue weighted by Crippen LogP contribution is -2.49. The summed E-state index contributed by atoms with van der Waals surface area (Å²) >= 11 is 11.7. The van der Waals surface area contributed by atoms with Crippen molar-refractivity contribution in [2.24, 2.45) is 0 Å². The maximum atomic E-state index is 12.1. The molecule has 2 heterocycles. The molecule has 2 rings (SSSR count). The molecule has 0 atom stereocenters. The van der Waals surface area contributed by atoms with Gasteiger partial charge in [0.1, 0.15) is 10.8 Å². The summed E-state index contributed by atoms with van der Waals surface area (Å²) in [6, 6.07) is 3.12. The summed E-state index contributed by atoms with van der Waals surface area (Å²) in [4.78, 5) is 16.1. The fraction of sp³-hybridized carbons (Fsp3) is 0.500. The van der Waals surface area contributed by atoms with E-state index in [4.69, 9.17) is 27.9 Å². The molecule has 98 valence electrons. The lowest BCUT2D eigenvalue weighted by molar-refractivity contribution is 0.0421. The van der Waals surface area contributed by atoms with Gasteiger partial charge in [0, 0.05) is 18.8 Å². The summed E-state index contributed by atoms with van der Waals surface area (Å²) < 4.78 is 5.28. The van der Waals surface area contributed by atoms with Crippen LogP contribution in [0.4, 0.5) is 0 Å². The van der Waals surface area contributed by atoms with E-state index in [1.165, 1.54) is 0 Å². The highest BCUT2D eigenvalue weighted by atomic mass is 35.5. The van der Waals surface area contributed by atoms with Crippen LogP contribution in [0, 0.1) is 0 Å². The van der Waals surface area contributed by atoms with E-state index in [1.807, 2.05) is 6.92 Å². The molecule has 1 aromatic heterocycles. The number of nitrogens with zero attached hydrogens (tertiary/aromatic N) is 1. The first-order chi connectivity index (χ1) is 8.50. The predicted molar refractivity (Wildman–Crippen MR) is 70.2 cm³/mol. The quantitative estimate of drug-likeness (QED) is 0.852. The zero-order chi connectivity index (χ0) is 13.2. The van der Waals surface area contributed by atoms with E-state index in [2.05, 4.69) is 10.3 Å². The van der Waals surface area contributed by atoms with Gasteiger partial charge in [0.2, 0.25) is 0 Å². The number of hydrogen-bond donors (Lipinski definition) is 1. The largest absolute Gasteiger partial charge is 0.381 e. The number of carbonyl (C=O) groups is 1. The summed E-state index contributed by atoms with van der Waals surface area (Å²) in [5.41, 5.74) is -0.111. The molecule has 1 fully saturated rings. The summed E-state index contributed by atoms with van der Waals surface area (Å²) in [7, 11) is 0. The van der Waals surface area contributed by atoms with Crippen molar-refractivity contribution in [2.45, 2.75) is 25.3 Å². The summed E-state index contributed by atoms with van der Waals surface area (Å²) in [5, 5.41) is 3.51. The normalized spacial score (nSPS) is 18.4. The monoisotopic (exact) mass is 288 g/mol. The van der Waals surface area contributed by atoms with Crippen LogP contribution in [-0.2, 0) is 4.74 Å². The number of pyridine rings is 1. The first kappa shape index (κ1) is 13.6. The second-order valence-electron chi connectivity index (χ2n) is 4.59. The second kappa shape index (κ2) is 5.43. The Labute approximate surface area is 116 Å². The van der Waals surface area contributed by atoms with Crippen molar-refractivity contribution in [1.29, 1.82) is 0 Å². The SMILES string of the molecule is CC1(NC(=O)c2nc(Cl)ccc2Cl)CCOCC1. The topological polar surface area (TPSA) is 51.2 Å². The van der Waals surface area contributed by atoms with Gasteiger partial charge in [-0.3, -0.25) is 4.79 Å². The Morgan fingerprint density at radius 2 is 2.06 bits per heavy atom. The molecule has 0 aromatic carbocycles. The van der Waals surface area contributed by atoms with Crippen molar-refractivity contribution >= 4 is 29.1 Å². The van der Waals surface area contributed by atoms with E-state index < -0.39 is 0 Å². The van der Waals surface area contributed by atoms with E-state index in [-0.39, 0.29) is 22.3 Å². The van der Waals surface area contributed by atoms with Crippen LogP contribution in [0.5, 0.6) is 0 Å². The highest BCUT2D eigenvalue weighted by Crippen LogP contribution is 2.22. The van der Waals surface area contributed by atoms with Crippen LogP contribution in [-0.4, -0.2) is 29.6 Å². The van der Waals surface area contributed by atoms with Gasteiger partial charge < -0.3 is 10.1 Å². The van der Waals surface area contributed by atoms with Crippen LogP contribution in [0.1, 0.15) is 30.3 Å². The average molecular weight is 289 g/mol. The molecule has 1 aliphatic rings. The lowest BCUT2D eigenvalue weighted by atomic mass is 9.92. The van der Waals surface area contributed by atoms with Crippen LogP contribution in [0.15, 0.2) is 12.1 Å². The summed E-state index contributed by atoms with van der Waals surface area (Å²) in [6.45, 7) is 3.28. The molecule has 0 spiro atoms. The predicted octanol–water partition coefficient (Wildman–Crippen LogP) is 2.69. The number of carbonyl (C=O) groups excluding carboxylic acids is 1. The first-order valence-corrected chi connectivity index (χ1v) is 6.48. The number of nitrogens with one attached hydrogen (secondary N) is 1. The summed E-state index contributed by atoms with van der Waals surface area (Å²) in [5.74, 6) is -0.299. The minimum Gasteiger partial charge on any atom is -0.381 e. The van der Waals surface area contributed by atoms with Crippen LogP contribution in [0.25, 0.3) is 0 Å². The molecule has 1 N–H and O–H groups in total. The molecule has 0 bridgehead atoms. The number of rotatable bonds is 2. The first-order valence-electron chi connectivity index (χ1n) is 5.72. The van der Waals surface area contributed by atoms with Crippen LogP contribution >= 0.6 is 23.2 Å². The molecule has 4 nitrogen and oxygen atoms in total. The third-order valence-electron chi connectivity index (χ3n) is 3.04. The van der Waals surface area contributed by atoms with Gasteiger partial charge in [-0.25, -0.2) is 4.98 Å². The van der Waals surface area contributed by atoms with E-state index in [0.29, 0.717) is 18.2 Å². The molecule has 0 aliphatic carbocycles. The van der Waals surface area contributed by atoms with E-state index in [0.717, 1.165) is 12.8 Å². The van der Waals surface area contributed by atoms with Gasteiger partial charge in [-0.2, -0.15) is 0 Å². The highest BCUT2D eigenvalue weighted by molar-refractivity contribution is 6.34. The molecule has 1 aromatic rings. The van der Waals surface area contributed by atoms with Crippen molar-refractivity contribution in [1.82, 2.24) is 10.3 Å². The zero-order valence-corrected chi connectivity index (χ0v) is 11.5. The molecule has 6 heteroatoms. The zero-order valence-electron chi connectivity index (χ0n) is 10.0. The Balaban J connectivity index is 2.14. The van der Waals surface area contributed by atoms with Gasteiger partial charge in [-0.05, 0) is 31.9 Å². The van der Waals surface area contributed by atoms with Crippen LogP contribution in [0.3, 0.4) is 0 Å². The minimum absolute atomic E-state index is 0.164. The fourth-order valence-corrected chi connectivity index (χ4v) is 2.20. The van der Waals surface area contributed by atoms with Crippen LogP contribution < -0.4 is 5.32 Å². The van der Waals surface area contributed by atoms with E-state index >= 15 is 0 Å². The minimum atomic E-state index is -0.299. The molecule has 0 unspecified atom stereocenters. The van der Waals surface area contributed by atoms with Crippen molar-refractivity contribution in [3.8, 4) is 0 Å². The third kappa shape index (κ3) is 3.13. The smallest absolute Gasteiger partial charge is 0.271 e. The lowest BCUT2D eigenvalue weighted by Gasteiger charge is -2.34. The van der Waals surface area contributed by atoms with E-state index in [1.54, 1.807) is 12.1 Å². The Kier molecular flexibility index (Phi) is 4.10. The van der Waals surface area contributed by atoms with Gasteiger partial charge in [-0.1, -0.05) is 23.2 Å². The van der Waals surface area contributed by atoms with Gasteiger partial charge >= 0.3 is 0 Å². The number of ether oxygens (including phenoxy) is 1. The Morgan fingerprint density at radius 3 is 2.72 bits per heavy atom. The second-order valence-corrected chi connectivity index (χ2v) is 5.39. The van der Waals surface area contributed by atoms with Gasteiger partial charge in [0.25, 0.3) is 5.91 Å². The molecule has 0 saturated carbocycles. The maximum absolute atomic E-state index is 12.1. The molecular weight excluding hydrogens is 275 g/mol. The number of hydrogen-bond acceptors (Lipinski definition) is 3. The van der Waals surface area contributed by atoms with E-state index in [9.17, 15) is 4.79 Å². The van der Waals surface area contributed by atoms with Crippen molar-refractivity contribution in [3.05, 3.63) is 28.0 Å². The third-order valence-corrected chi connectivity index (χ3v) is 3.55.